The molecule has 5 nitrogen and oxygen atoms in total. The predicted octanol–water partition coefficient (Wildman–Crippen LogP) is 2.03. The average molecular weight is 232 g/mol. The van der Waals surface area contributed by atoms with Crippen LogP contribution in [0.15, 0.2) is 30.6 Å². The number of nitrogens with two attached hydrogens (primary N) is 1. The lowest BCUT2D eigenvalue weighted by Gasteiger charge is -2.21. The second-order valence-corrected chi connectivity index (χ2v) is 4.73. The molecule has 0 amide bonds. The van der Waals surface area contributed by atoms with Crippen molar-refractivity contribution in [1.82, 2.24) is 14.8 Å². The molecule has 5 heteroatoms. The molecule has 0 aliphatic heterocycles. The zero-order valence-corrected chi connectivity index (χ0v) is 10.2. The Bertz CT molecular complexity index is 500. The Hall–Kier alpha value is -2.04. The van der Waals surface area contributed by atoms with Crippen molar-refractivity contribution in [1.29, 1.82) is 0 Å². The van der Waals surface area contributed by atoms with Crippen LogP contribution in [0.1, 0.15) is 20.8 Å². The van der Waals surface area contributed by atoms with Crippen LogP contribution >= 0.6 is 0 Å². The SMILES string of the molecule is CC(C)(C)Oc1nc(-n2cccn2)ccc1N. The molecule has 17 heavy (non-hydrogen) atoms. The van der Waals surface area contributed by atoms with E-state index in [1.165, 1.54) is 0 Å². The highest BCUT2D eigenvalue weighted by Gasteiger charge is 2.15. The second kappa shape index (κ2) is 4.08. The average Bonchev–Trinajstić information content (AvgIpc) is 2.72. The number of nitrogens with zero attached hydrogens (tertiary/aromatic N) is 3. The van der Waals surface area contributed by atoms with Crippen molar-refractivity contribution in [2.24, 2.45) is 0 Å². The molecule has 2 aromatic rings. The number of anilines is 1. The second-order valence-electron chi connectivity index (χ2n) is 4.73. The summed E-state index contributed by atoms with van der Waals surface area (Å²) in [4.78, 5) is 4.35. The Balaban J connectivity index is 2.36. The van der Waals surface area contributed by atoms with Crippen molar-refractivity contribution in [3.8, 4) is 11.7 Å². The topological polar surface area (TPSA) is 66.0 Å². The lowest BCUT2D eigenvalue weighted by Crippen LogP contribution is -2.24. The molecule has 2 rings (SSSR count). The molecule has 0 aromatic carbocycles. The number of ether oxygens (including phenoxy) is 1. The van der Waals surface area contributed by atoms with E-state index in [9.17, 15) is 0 Å². The molecular weight excluding hydrogens is 216 g/mol. The summed E-state index contributed by atoms with van der Waals surface area (Å²) in [5, 5.41) is 4.11. The summed E-state index contributed by atoms with van der Waals surface area (Å²) in [6.07, 6.45) is 3.52. The van der Waals surface area contributed by atoms with Gasteiger partial charge in [-0.3, -0.25) is 0 Å². The van der Waals surface area contributed by atoms with E-state index >= 15 is 0 Å². The zero-order chi connectivity index (χ0) is 12.5. The van der Waals surface area contributed by atoms with Gasteiger partial charge >= 0.3 is 0 Å². The number of pyridine rings is 1. The van der Waals surface area contributed by atoms with Crippen LogP contribution in [0.3, 0.4) is 0 Å². The first-order valence-electron chi connectivity index (χ1n) is 5.41. The van der Waals surface area contributed by atoms with Crippen molar-refractivity contribution < 1.29 is 4.74 Å². The van der Waals surface area contributed by atoms with E-state index in [-0.39, 0.29) is 5.60 Å². The lowest BCUT2D eigenvalue weighted by atomic mass is 10.2. The summed E-state index contributed by atoms with van der Waals surface area (Å²) < 4.78 is 7.36. The largest absolute Gasteiger partial charge is 0.470 e. The molecule has 0 saturated carbocycles. The van der Waals surface area contributed by atoms with Gasteiger partial charge in [-0.05, 0) is 39.0 Å². The van der Waals surface area contributed by atoms with Crippen LogP contribution < -0.4 is 10.5 Å². The van der Waals surface area contributed by atoms with Gasteiger partial charge in [-0.25, -0.2) is 4.68 Å². The van der Waals surface area contributed by atoms with E-state index < -0.39 is 0 Å². The summed E-state index contributed by atoms with van der Waals surface area (Å²) in [7, 11) is 0. The summed E-state index contributed by atoms with van der Waals surface area (Å²) in [6, 6.07) is 5.41. The summed E-state index contributed by atoms with van der Waals surface area (Å²) in [5.41, 5.74) is 6.03. The molecule has 2 N–H and O–H groups in total. The third-order valence-electron chi connectivity index (χ3n) is 2.02. The summed E-state index contributed by atoms with van der Waals surface area (Å²) in [5.74, 6) is 1.12. The first-order chi connectivity index (χ1) is 7.96. The minimum absolute atomic E-state index is 0.330. The maximum Gasteiger partial charge on any atom is 0.239 e. The van der Waals surface area contributed by atoms with Crippen molar-refractivity contribution in [2.45, 2.75) is 26.4 Å². The van der Waals surface area contributed by atoms with Crippen LogP contribution in [0.2, 0.25) is 0 Å². The monoisotopic (exact) mass is 232 g/mol. The van der Waals surface area contributed by atoms with Crippen molar-refractivity contribution in [3.05, 3.63) is 30.6 Å². The van der Waals surface area contributed by atoms with Crippen LogP contribution in [0.5, 0.6) is 5.88 Å². The van der Waals surface area contributed by atoms with E-state index in [1.54, 1.807) is 23.0 Å². The van der Waals surface area contributed by atoms with E-state index in [1.807, 2.05) is 33.0 Å². The lowest BCUT2D eigenvalue weighted by molar-refractivity contribution is 0.125. The van der Waals surface area contributed by atoms with E-state index in [2.05, 4.69) is 10.1 Å². The highest BCUT2D eigenvalue weighted by Crippen LogP contribution is 2.24. The smallest absolute Gasteiger partial charge is 0.239 e. The number of nitrogen functional groups attached to an aromatic ring is 1. The molecule has 0 aliphatic rings. The van der Waals surface area contributed by atoms with Crippen LogP contribution in [-0.4, -0.2) is 20.4 Å². The minimum atomic E-state index is -0.330. The Morgan fingerprint density at radius 3 is 2.65 bits per heavy atom. The van der Waals surface area contributed by atoms with Gasteiger partial charge in [0, 0.05) is 12.4 Å². The van der Waals surface area contributed by atoms with Crippen molar-refractivity contribution in [2.75, 3.05) is 5.73 Å². The van der Waals surface area contributed by atoms with Crippen LogP contribution in [-0.2, 0) is 0 Å². The molecule has 0 unspecified atom stereocenters. The molecule has 0 spiro atoms. The Morgan fingerprint density at radius 2 is 2.06 bits per heavy atom. The molecule has 0 aliphatic carbocycles. The number of hydrogen-bond acceptors (Lipinski definition) is 4. The molecule has 2 aromatic heterocycles. The molecule has 0 saturated heterocycles. The van der Waals surface area contributed by atoms with Gasteiger partial charge in [0.1, 0.15) is 5.60 Å². The fourth-order valence-electron chi connectivity index (χ4n) is 1.35. The number of rotatable bonds is 2. The van der Waals surface area contributed by atoms with E-state index in [4.69, 9.17) is 10.5 Å². The predicted molar refractivity (Wildman–Crippen MR) is 66.2 cm³/mol. The van der Waals surface area contributed by atoms with Gasteiger partial charge in [-0.2, -0.15) is 10.1 Å². The van der Waals surface area contributed by atoms with Crippen molar-refractivity contribution in [3.63, 3.8) is 0 Å². The maximum absolute atomic E-state index is 5.83. The third-order valence-corrected chi connectivity index (χ3v) is 2.02. The Morgan fingerprint density at radius 1 is 1.29 bits per heavy atom. The van der Waals surface area contributed by atoms with Crippen LogP contribution in [0.4, 0.5) is 5.69 Å². The van der Waals surface area contributed by atoms with Crippen molar-refractivity contribution >= 4 is 5.69 Å². The Labute approximate surface area is 100 Å². The number of hydrogen-bond donors (Lipinski definition) is 1. The first-order valence-corrected chi connectivity index (χ1v) is 5.41. The van der Waals surface area contributed by atoms with Crippen LogP contribution in [0, 0.1) is 0 Å². The van der Waals surface area contributed by atoms with Gasteiger partial charge in [0.05, 0.1) is 5.69 Å². The highest BCUT2D eigenvalue weighted by atomic mass is 16.5. The Kier molecular flexibility index (Phi) is 2.75. The normalized spacial score (nSPS) is 11.5. The van der Waals surface area contributed by atoms with E-state index in [0.29, 0.717) is 17.4 Å². The molecule has 0 bridgehead atoms. The molecule has 0 fully saturated rings. The molecule has 0 atom stereocenters. The van der Waals surface area contributed by atoms with Gasteiger partial charge in [-0.15, -0.1) is 0 Å². The highest BCUT2D eigenvalue weighted by molar-refractivity contribution is 5.50. The first kappa shape index (κ1) is 11.4. The standard InChI is InChI=1S/C12H16N4O/c1-12(2,3)17-11-9(13)5-6-10(15-11)16-8-4-7-14-16/h4-8H,13H2,1-3H3. The van der Waals surface area contributed by atoms with Gasteiger partial charge in [-0.1, -0.05) is 0 Å². The summed E-state index contributed by atoms with van der Waals surface area (Å²) in [6.45, 7) is 5.86. The quantitative estimate of drug-likeness (QED) is 0.860. The van der Waals surface area contributed by atoms with Gasteiger partial charge in [0.2, 0.25) is 5.88 Å². The maximum atomic E-state index is 5.83. The molecule has 90 valence electrons. The summed E-state index contributed by atoms with van der Waals surface area (Å²) >= 11 is 0. The molecule has 2 heterocycles. The van der Waals surface area contributed by atoms with Gasteiger partial charge in [0.15, 0.2) is 5.82 Å². The van der Waals surface area contributed by atoms with Crippen LogP contribution in [0.25, 0.3) is 5.82 Å². The number of aromatic nitrogens is 3. The molecule has 0 radical (unpaired) electrons. The molecular formula is C12H16N4O. The van der Waals surface area contributed by atoms with Gasteiger partial charge in [0.25, 0.3) is 0 Å². The fraction of sp³-hybridized carbons (Fsp3) is 0.333. The van der Waals surface area contributed by atoms with E-state index in [0.717, 1.165) is 0 Å². The fourth-order valence-corrected chi connectivity index (χ4v) is 1.35. The zero-order valence-electron chi connectivity index (χ0n) is 10.2. The van der Waals surface area contributed by atoms with Gasteiger partial charge < -0.3 is 10.5 Å². The minimum Gasteiger partial charge on any atom is -0.470 e. The third kappa shape index (κ3) is 2.75.